The third-order valence-corrected chi connectivity index (χ3v) is 6.43. The summed E-state index contributed by atoms with van der Waals surface area (Å²) in [5.41, 5.74) is 2.55. The zero-order valence-electron chi connectivity index (χ0n) is 21.5. The van der Waals surface area contributed by atoms with E-state index in [0.29, 0.717) is 22.8 Å². The van der Waals surface area contributed by atoms with E-state index >= 15 is 0 Å². The first-order valence-corrected chi connectivity index (χ1v) is 12.4. The minimum absolute atomic E-state index is 0.0616. The smallest absolute Gasteiger partial charge is 0.268 e. The number of ether oxygens (including phenoxy) is 2. The zero-order valence-corrected chi connectivity index (χ0v) is 21.5. The Morgan fingerprint density at radius 1 is 0.973 bits per heavy atom. The van der Waals surface area contributed by atoms with Crippen molar-refractivity contribution in [3.05, 3.63) is 83.4 Å². The number of hydrogen-bond acceptors (Lipinski definition) is 6. The van der Waals surface area contributed by atoms with Crippen molar-refractivity contribution in [1.29, 1.82) is 0 Å². The number of carbonyl (C=O) groups is 2. The average molecular weight is 504 g/mol. The molecular weight excluding hydrogens is 470 g/mol. The fourth-order valence-electron chi connectivity index (χ4n) is 4.33. The van der Waals surface area contributed by atoms with Crippen LogP contribution in [0.3, 0.4) is 0 Å². The molecule has 2 N–H and O–H groups in total. The molecule has 8 nitrogen and oxygen atoms in total. The van der Waals surface area contributed by atoms with Crippen LogP contribution in [0.25, 0.3) is 6.08 Å². The van der Waals surface area contributed by atoms with Gasteiger partial charge in [0.2, 0.25) is 0 Å². The Morgan fingerprint density at radius 3 is 2.35 bits per heavy atom. The van der Waals surface area contributed by atoms with E-state index in [2.05, 4.69) is 27.7 Å². The molecule has 0 saturated carbocycles. The number of rotatable bonds is 9. The standard InChI is InChI=1S/C29H33N3O5/c1-20(21-9-12-23(13-10-21)32-15-5-4-6-16-32)30-29(34)25(19-24-8-7-17-37-24)31-28(33)22-11-14-26(35-2)27(18-22)36-3/h7-14,17-20H,4-6,15-16H2,1-3H3,(H,30,34)(H,31,33)/b25-19-/t20-/m0/s1. The Morgan fingerprint density at radius 2 is 1.70 bits per heavy atom. The lowest BCUT2D eigenvalue weighted by molar-refractivity contribution is -0.118. The monoisotopic (exact) mass is 503 g/mol. The summed E-state index contributed by atoms with van der Waals surface area (Å²) >= 11 is 0. The SMILES string of the molecule is COc1ccc(C(=O)N/C(=C\c2ccco2)C(=O)N[C@@H](C)c2ccc(N3CCCCC3)cc2)cc1OC. The van der Waals surface area contributed by atoms with E-state index in [4.69, 9.17) is 13.9 Å². The Hall–Kier alpha value is -4.20. The van der Waals surface area contributed by atoms with Crippen LogP contribution in [-0.2, 0) is 4.79 Å². The number of hydrogen-bond donors (Lipinski definition) is 2. The quantitative estimate of drug-likeness (QED) is 0.402. The number of anilines is 1. The first-order valence-electron chi connectivity index (χ1n) is 12.4. The van der Waals surface area contributed by atoms with Crippen LogP contribution >= 0.6 is 0 Å². The topological polar surface area (TPSA) is 93.0 Å². The highest BCUT2D eigenvalue weighted by molar-refractivity contribution is 6.05. The maximum Gasteiger partial charge on any atom is 0.268 e. The largest absolute Gasteiger partial charge is 0.493 e. The minimum Gasteiger partial charge on any atom is -0.493 e. The summed E-state index contributed by atoms with van der Waals surface area (Å²) < 4.78 is 15.9. The van der Waals surface area contributed by atoms with Crippen molar-refractivity contribution >= 4 is 23.6 Å². The summed E-state index contributed by atoms with van der Waals surface area (Å²) in [4.78, 5) is 28.7. The second-order valence-electron chi connectivity index (χ2n) is 8.93. The number of nitrogens with zero attached hydrogens (tertiary/aromatic N) is 1. The normalized spacial score (nSPS) is 14.6. The van der Waals surface area contributed by atoms with Gasteiger partial charge in [-0.25, -0.2) is 0 Å². The Kier molecular flexibility index (Phi) is 8.51. The van der Waals surface area contributed by atoms with Gasteiger partial charge in [-0.3, -0.25) is 9.59 Å². The molecule has 2 aromatic carbocycles. The lowest BCUT2D eigenvalue weighted by Crippen LogP contribution is -2.36. The molecule has 2 amide bonds. The maximum atomic E-state index is 13.3. The van der Waals surface area contributed by atoms with E-state index in [1.54, 1.807) is 30.3 Å². The van der Waals surface area contributed by atoms with Crippen LogP contribution in [0.15, 0.2) is 71.0 Å². The second-order valence-corrected chi connectivity index (χ2v) is 8.93. The van der Waals surface area contributed by atoms with Crippen LogP contribution in [0, 0.1) is 0 Å². The van der Waals surface area contributed by atoms with Gasteiger partial charge in [-0.1, -0.05) is 12.1 Å². The van der Waals surface area contributed by atoms with Gasteiger partial charge < -0.3 is 29.4 Å². The molecule has 8 heteroatoms. The number of furan rings is 1. The molecular formula is C29H33N3O5. The molecule has 1 atom stereocenters. The van der Waals surface area contributed by atoms with Gasteiger partial charge in [-0.2, -0.15) is 0 Å². The predicted molar refractivity (Wildman–Crippen MR) is 143 cm³/mol. The third kappa shape index (κ3) is 6.52. The molecule has 2 heterocycles. The van der Waals surface area contributed by atoms with Crippen LogP contribution in [0.4, 0.5) is 5.69 Å². The first kappa shape index (κ1) is 25.9. The van der Waals surface area contributed by atoms with E-state index in [9.17, 15) is 9.59 Å². The molecule has 0 radical (unpaired) electrons. The van der Waals surface area contributed by atoms with Crippen molar-refractivity contribution in [3.8, 4) is 11.5 Å². The summed E-state index contributed by atoms with van der Waals surface area (Å²) in [5.74, 6) is 0.461. The summed E-state index contributed by atoms with van der Waals surface area (Å²) in [6.07, 6.45) is 6.72. The van der Waals surface area contributed by atoms with Crippen molar-refractivity contribution < 1.29 is 23.5 Å². The van der Waals surface area contributed by atoms with Crippen molar-refractivity contribution in [1.82, 2.24) is 10.6 Å². The Labute approximate surface area is 217 Å². The Bertz CT molecular complexity index is 1230. The van der Waals surface area contributed by atoms with E-state index in [0.717, 1.165) is 18.7 Å². The number of piperidine rings is 1. The number of methoxy groups -OCH3 is 2. The fourth-order valence-corrected chi connectivity index (χ4v) is 4.33. The summed E-state index contributed by atoms with van der Waals surface area (Å²) in [6, 6.07) is 16.2. The van der Waals surface area contributed by atoms with Gasteiger partial charge in [0.15, 0.2) is 11.5 Å². The van der Waals surface area contributed by atoms with Crippen molar-refractivity contribution in [2.45, 2.75) is 32.2 Å². The molecule has 1 aliphatic rings. The molecule has 1 fully saturated rings. The third-order valence-electron chi connectivity index (χ3n) is 6.43. The van der Waals surface area contributed by atoms with Gasteiger partial charge in [0.25, 0.3) is 11.8 Å². The molecule has 1 aliphatic heterocycles. The fraction of sp³-hybridized carbons (Fsp3) is 0.310. The first-order chi connectivity index (χ1) is 18.0. The number of carbonyl (C=O) groups excluding carboxylic acids is 2. The van der Waals surface area contributed by atoms with E-state index < -0.39 is 11.8 Å². The predicted octanol–water partition coefficient (Wildman–Crippen LogP) is 4.94. The van der Waals surface area contributed by atoms with E-state index in [1.807, 2.05) is 19.1 Å². The number of amides is 2. The van der Waals surface area contributed by atoms with Crippen LogP contribution in [0.5, 0.6) is 11.5 Å². The minimum atomic E-state index is -0.465. The zero-order chi connectivity index (χ0) is 26.2. The molecule has 0 unspecified atom stereocenters. The molecule has 0 bridgehead atoms. The molecule has 1 aromatic heterocycles. The van der Waals surface area contributed by atoms with Crippen molar-refractivity contribution in [2.75, 3.05) is 32.2 Å². The van der Waals surface area contributed by atoms with E-state index in [1.165, 1.54) is 51.5 Å². The molecule has 37 heavy (non-hydrogen) atoms. The molecule has 3 aromatic rings. The highest BCUT2D eigenvalue weighted by atomic mass is 16.5. The van der Waals surface area contributed by atoms with Gasteiger partial charge in [0.05, 0.1) is 26.5 Å². The summed E-state index contributed by atoms with van der Waals surface area (Å²) in [7, 11) is 3.02. The molecule has 1 saturated heterocycles. The average Bonchev–Trinajstić information content (AvgIpc) is 3.46. The van der Waals surface area contributed by atoms with Crippen molar-refractivity contribution in [3.63, 3.8) is 0 Å². The van der Waals surface area contributed by atoms with Crippen LogP contribution < -0.4 is 25.0 Å². The van der Waals surface area contributed by atoms with Crippen LogP contribution in [0.2, 0.25) is 0 Å². The van der Waals surface area contributed by atoms with Gasteiger partial charge in [-0.05, 0) is 74.2 Å². The van der Waals surface area contributed by atoms with Gasteiger partial charge in [0.1, 0.15) is 11.5 Å². The molecule has 194 valence electrons. The molecule has 0 spiro atoms. The van der Waals surface area contributed by atoms with Crippen LogP contribution in [-0.4, -0.2) is 39.1 Å². The second kappa shape index (κ2) is 12.2. The van der Waals surface area contributed by atoms with Gasteiger partial charge in [-0.15, -0.1) is 0 Å². The molecule has 0 aliphatic carbocycles. The Balaban J connectivity index is 1.48. The lowest BCUT2D eigenvalue weighted by atomic mass is 10.1. The van der Waals surface area contributed by atoms with Gasteiger partial charge in [0, 0.05) is 30.4 Å². The highest BCUT2D eigenvalue weighted by Crippen LogP contribution is 2.28. The van der Waals surface area contributed by atoms with Crippen molar-refractivity contribution in [2.24, 2.45) is 0 Å². The lowest BCUT2D eigenvalue weighted by Gasteiger charge is -2.29. The van der Waals surface area contributed by atoms with E-state index in [-0.39, 0.29) is 11.7 Å². The maximum absolute atomic E-state index is 13.3. The molecule has 4 rings (SSSR count). The van der Waals surface area contributed by atoms with Crippen LogP contribution in [0.1, 0.15) is 53.9 Å². The van der Waals surface area contributed by atoms with Gasteiger partial charge >= 0.3 is 0 Å². The summed E-state index contributed by atoms with van der Waals surface area (Å²) in [6.45, 7) is 4.06. The summed E-state index contributed by atoms with van der Waals surface area (Å²) in [5, 5.41) is 5.70. The highest BCUT2D eigenvalue weighted by Gasteiger charge is 2.19. The number of nitrogens with one attached hydrogen (secondary N) is 2. The number of benzene rings is 2.